The van der Waals surface area contributed by atoms with Gasteiger partial charge in [0.15, 0.2) is 0 Å². The molecular weight excluding hydrogens is 234 g/mol. The van der Waals surface area contributed by atoms with E-state index in [1.165, 1.54) is 17.5 Å². The SMILES string of the molecule is CCn1cc(C(O)c2ncc(Cl)s2)cn1. The van der Waals surface area contributed by atoms with Gasteiger partial charge in [0.2, 0.25) is 0 Å². The van der Waals surface area contributed by atoms with Crippen molar-refractivity contribution in [2.24, 2.45) is 0 Å². The van der Waals surface area contributed by atoms with Crippen LogP contribution in [-0.2, 0) is 6.54 Å². The topological polar surface area (TPSA) is 50.9 Å². The lowest BCUT2D eigenvalue weighted by atomic mass is 10.2. The number of hydrogen-bond donors (Lipinski definition) is 1. The molecule has 1 N–H and O–H groups in total. The zero-order valence-corrected chi connectivity index (χ0v) is 9.66. The number of aliphatic hydroxyl groups excluding tert-OH is 1. The molecule has 0 bridgehead atoms. The largest absolute Gasteiger partial charge is 0.381 e. The lowest BCUT2D eigenvalue weighted by molar-refractivity contribution is 0.219. The van der Waals surface area contributed by atoms with E-state index in [0.717, 1.165) is 12.1 Å². The molecule has 2 rings (SSSR count). The van der Waals surface area contributed by atoms with E-state index in [0.29, 0.717) is 9.34 Å². The predicted molar refractivity (Wildman–Crippen MR) is 59.1 cm³/mol. The Balaban J connectivity index is 2.23. The fourth-order valence-corrected chi connectivity index (χ4v) is 2.17. The minimum atomic E-state index is -0.734. The molecule has 80 valence electrons. The summed E-state index contributed by atoms with van der Waals surface area (Å²) >= 11 is 7.02. The molecule has 0 spiro atoms. The monoisotopic (exact) mass is 243 g/mol. The molecule has 2 aromatic rings. The maximum absolute atomic E-state index is 9.95. The highest BCUT2D eigenvalue weighted by Crippen LogP contribution is 2.27. The van der Waals surface area contributed by atoms with Gasteiger partial charge in [0, 0.05) is 18.3 Å². The van der Waals surface area contributed by atoms with Crippen LogP contribution in [0.25, 0.3) is 0 Å². The van der Waals surface area contributed by atoms with E-state index in [1.807, 2.05) is 6.92 Å². The van der Waals surface area contributed by atoms with Crippen LogP contribution in [0.3, 0.4) is 0 Å². The van der Waals surface area contributed by atoms with Crippen molar-refractivity contribution in [3.8, 4) is 0 Å². The molecule has 0 amide bonds. The minimum Gasteiger partial charge on any atom is -0.381 e. The number of halogens is 1. The molecule has 15 heavy (non-hydrogen) atoms. The summed E-state index contributed by atoms with van der Waals surface area (Å²) < 4.78 is 2.33. The number of rotatable bonds is 3. The van der Waals surface area contributed by atoms with Crippen molar-refractivity contribution in [1.82, 2.24) is 14.8 Å². The molecule has 1 unspecified atom stereocenters. The summed E-state index contributed by atoms with van der Waals surface area (Å²) in [4.78, 5) is 4.03. The van der Waals surface area contributed by atoms with E-state index in [1.54, 1.807) is 17.1 Å². The average molecular weight is 244 g/mol. The van der Waals surface area contributed by atoms with Crippen LogP contribution in [0.1, 0.15) is 23.6 Å². The van der Waals surface area contributed by atoms with Crippen molar-refractivity contribution in [3.05, 3.63) is 33.5 Å². The molecule has 1 atom stereocenters. The van der Waals surface area contributed by atoms with Crippen LogP contribution in [0.2, 0.25) is 4.34 Å². The van der Waals surface area contributed by atoms with Gasteiger partial charge in [0.1, 0.15) is 15.4 Å². The van der Waals surface area contributed by atoms with Crippen LogP contribution in [0.4, 0.5) is 0 Å². The highest BCUT2D eigenvalue weighted by atomic mass is 35.5. The van der Waals surface area contributed by atoms with E-state index in [4.69, 9.17) is 11.6 Å². The number of aromatic nitrogens is 3. The number of thiazole rings is 1. The van der Waals surface area contributed by atoms with E-state index < -0.39 is 6.10 Å². The number of aryl methyl sites for hydroxylation is 1. The molecular formula is C9H10ClN3OS. The quantitative estimate of drug-likeness (QED) is 0.898. The van der Waals surface area contributed by atoms with Gasteiger partial charge in [0.05, 0.1) is 12.4 Å². The Morgan fingerprint density at radius 2 is 2.40 bits per heavy atom. The number of hydrogen-bond acceptors (Lipinski definition) is 4. The van der Waals surface area contributed by atoms with Crippen molar-refractivity contribution in [2.45, 2.75) is 19.6 Å². The zero-order chi connectivity index (χ0) is 10.8. The Morgan fingerprint density at radius 3 is 2.93 bits per heavy atom. The zero-order valence-electron chi connectivity index (χ0n) is 8.09. The highest BCUT2D eigenvalue weighted by molar-refractivity contribution is 7.15. The molecule has 0 aromatic carbocycles. The number of aliphatic hydroxyl groups is 1. The summed E-state index contributed by atoms with van der Waals surface area (Å²) in [7, 11) is 0. The van der Waals surface area contributed by atoms with E-state index in [-0.39, 0.29) is 0 Å². The molecule has 2 heterocycles. The van der Waals surface area contributed by atoms with E-state index >= 15 is 0 Å². The van der Waals surface area contributed by atoms with Gasteiger partial charge in [-0.2, -0.15) is 5.10 Å². The minimum absolute atomic E-state index is 0.576. The Hall–Kier alpha value is -0.910. The predicted octanol–water partition coefficient (Wildman–Crippen LogP) is 2.09. The first kappa shape index (κ1) is 10.6. The maximum Gasteiger partial charge on any atom is 0.134 e. The van der Waals surface area contributed by atoms with Crippen LogP contribution >= 0.6 is 22.9 Å². The summed E-state index contributed by atoms with van der Waals surface area (Å²) in [6, 6.07) is 0. The Morgan fingerprint density at radius 1 is 1.60 bits per heavy atom. The molecule has 0 aliphatic carbocycles. The molecule has 0 radical (unpaired) electrons. The van der Waals surface area contributed by atoms with Gasteiger partial charge in [0.25, 0.3) is 0 Å². The lowest BCUT2D eigenvalue weighted by Crippen LogP contribution is -1.97. The Labute approximate surface area is 96.1 Å². The molecule has 2 aromatic heterocycles. The molecule has 0 saturated carbocycles. The molecule has 0 aliphatic rings. The second-order valence-electron chi connectivity index (χ2n) is 3.03. The summed E-state index contributed by atoms with van der Waals surface area (Å²) in [5.74, 6) is 0. The van der Waals surface area contributed by atoms with Crippen molar-refractivity contribution >= 4 is 22.9 Å². The first-order chi connectivity index (χ1) is 7.20. The van der Waals surface area contributed by atoms with Gasteiger partial charge in [-0.15, -0.1) is 11.3 Å². The van der Waals surface area contributed by atoms with Crippen LogP contribution in [0, 0.1) is 0 Å². The summed E-state index contributed by atoms with van der Waals surface area (Å²) in [6.07, 6.45) is 4.25. The fraction of sp³-hybridized carbons (Fsp3) is 0.333. The van der Waals surface area contributed by atoms with Crippen LogP contribution in [0.15, 0.2) is 18.6 Å². The van der Waals surface area contributed by atoms with E-state index in [9.17, 15) is 5.11 Å². The standard InChI is InChI=1S/C9H10ClN3OS/c1-2-13-5-6(3-12-13)8(14)9-11-4-7(10)15-9/h3-5,8,14H,2H2,1H3. The molecule has 0 saturated heterocycles. The molecule has 6 heteroatoms. The van der Waals surface area contributed by atoms with Crippen molar-refractivity contribution in [3.63, 3.8) is 0 Å². The summed E-state index contributed by atoms with van der Waals surface area (Å²) in [6.45, 7) is 2.77. The molecule has 4 nitrogen and oxygen atoms in total. The molecule has 0 fully saturated rings. The van der Waals surface area contributed by atoms with Gasteiger partial charge in [-0.3, -0.25) is 4.68 Å². The lowest BCUT2D eigenvalue weighted by Gasteiger charge is -2.02. The van der Waals surface area contributed by atoms with Crippen LogP contribution in [-0.4, -0.2) is 19.9 Å². The Kier molecular flexibility index (Phi) is 3.04. The third kappa shape index (κ3) is 2.19. The van der Waals surface area contributed by atoms with Gasteiger partial charge in [-0.25, -0.2) is 4.98 Å². The average Bonchev–Trinajstić information content (AvgIpc) is 2.84. The van der Waals surface area contributed by atoms with Gasteiger partial charge >= 0.3 is 0 Å². The third-order valence-electron chi connectivity index (χ3n) is 2.02. The van der Waals surface area contributed by atoms with Crippen molar-refractivity contribution < 1.29 is 5.11 Å². The first-order valence-corrected chi connectivity index (χ1v) is 5.71. The summed E-state index contributed by atoms with van der Waals surface area (Å²) in [5.41, 5.74) is 0.739. The fourth-order valence-electron chi connectivity index (χ4n) is 1.23. The highest BCUT2D eigenvalue weighted by Gasteiger charge is 2.15. The van der Waals surface area contributed by atoms with Crippen molar-refractivity contribution in [2.75, 3.05) is 0 Å². The smallest absolute Gasteiger partial charge is 0.134 e. The van der Waals surface area contributed by atoms with Gasteiger partial charge in [-0.1, -0.05) is 11.6 Å². The van der Waals surface area contributed by atoms with Crippen LogP contribution < -0.4 is 0 Å². The van der Waals surface area contributed by atoms with E-state index in [2.05, 4.69) is 10.1 Å². The number of nitrogens with zero attached hydrogens (tertiary/aromatic N) is 3. The van der Waals surface area contributed by atoms with Crippen molar-refractivity contribution in [1.29, 1.82) is 0 Å². The molecule has 0 aliphatic heterocycles. The Bertz CT molecular complexity index is 454. The normalized spacial score (nSPS) is 13.0. The summed E-state index contributed by atoms with van der Waals surface area (Å²) in [5, 5.41) is 14.6. The second kappa shape index (κ2) is 4.30. The van der Waals surface area contributed by atoms with Crippen LogP contribution in [0.5, 0.6) is 0 Å². The van der Waals surface area contributed by atoms with Gasteiger partial charge in [-0.05, 0) is 6.92 Å². The second-order valence-corrected chi connectivity index (χ2v) is 4.73. The first-order valence-electron chi connectivity index (χ1n) is 4.52. The van der Waals surface area contributed by atoms with Gasteiger partial charge < -0.3 is 5.11 Å². The third-order valence-corrected chi connectivity index (χ3v) is 3.19. The maximum atomic E-state index is 9.95.